The van der Waals surface area contributed by atoms with Gasteiger partial charge in [-0.25, -0.2) is 0 Å². The van der Waals surface area contributed by atoms with Crippen LogP contribution in [0.15, 0.2) is 11.4 Å². The van der Waals surface area contributed by atoms with Gasteiger partial charge in [-0.3, -0.25) is 14.4 Å². The number of carbonyl (C=O) groups excluding carboxylic acids is 2. The average Bonchev–Trinajstić information content (AvgIpc) is 2.89. The van der Waals surface area contributed by atoms with Crippen molar-refractivity contribution in [2.24, 2.45) is 5.92 Å². The summed E-state index contributed by atoms with van der Waals surface area (Å²) in [5.74, 6) is -1.27. The van der Waals surface area contributed by atoms with E-state index < -0.39 is 5.97 Å². The lowest BCUT2D eigenvalue weighted by Gasteiger charge is -2.26. The quantitative estimate of drug-likeness (QED) is 0.835. The molecule has 0 atom stereocenters. The van der Waals surface area contributed by atoms with Gasteiger partial charge >= 0.3 is 5.97 Å². The number of ketones is 1. The normalized spacial score (nSPS) is 22.2. The van der Waals surface area contributed by atoms with E-state index >= 15 is 0 Å². The molecule has 2 N–H and O–H groups in total. The Balaban J connectivity index is 1.89. The average molecular weight is 295 g/mol. The van der Waals surface area contributed by atoms with Gasteiger partial charge < -0.3 is 10.4 Å². The van der Waals surface area contributed by atoms with Gasteiger partial charge in [-0.1, -0.05) is 0 Å². The van der Waals surface area contributed by atoms with E-state index in [2.05, 4.69) is 5.32 Å². The van der Waals surface area contributed by atoms with Crippen molar-refractivity contribution in [2.75, 3.05) is 0 Å². The molecule has 0 spiro atoms. The maximum Gasteiger partial charge on any atom is 0.306 e. The molecule has 1 heterocycles. The highest BCUT2D eigenvalue weighted by molar-refractivity contribution is 7.12. The Labute approximate surface area is 121 Å². The molecule has 108 valence electrons. The molecular weight excluding hydrogens is 278 g/mol. The van der Waals surface area contributed by atoms with E-state index in [9.17, 15) is 14.4 Å². The Hall–Kier alpha value is -1.69. The van der Waals surface area contributed by atoms with Crippen molar-refractivity contribution in [1.82, 2.24) is 5.32 Å². The first-order valence-electron chi connectivity index (χ1n) is 6.60. The van der Waals surface area contributed by atoms with E-state index in [0.29, 0.717) is 36.1 Å². The van der Waals surface area contributed by atoms with Gasteiger partial charge in [-0.2, -0.15) is 0 Å². The van der Waals surface area contributed by atoms with E-state index in [-0.39, 0.29) is 23.7 Å². The molecule has 0 bridgehead atoms. The summed E-state index contributed by atoms with van der Waals surface area (Å²) in [4.78, 5) is 34.6. The Morgan fingerprint density at radius 3 is 2.40 bits per heavy atom. The first-order valence-corrected chi connectivity index (χ1v) is 7.48. The first-order chi connectivity index (χ1) is 9.47. The van der Waals surface area contributed by atoms with Crippen LogP contribution in [0, 0.1) is 5.92 Å². The topological polar surface area (TPSA) is 83.5 Å². The number of thiophene rings is 1. The minimum Gasteiger partial charge on any atom is -0.481 e. The Kier molecular flexibility index (Phi) is 4.54. The highest BCUT2D eigenvalue weighted by atomic mass is 32.1. The van der Waals surface area contributed by atoms with Crippen LogP contribution in [0.3, 0.4) is 0 Å². The molecule has 20 heavy (non-hydrogen) atoms. The van der Waals surface area contributed by atoms with Gasteiger partial charge in [0.05, 0.1) is 10.8 Å². The van der Waals surface area contributed by atoms with Crippen molar-refractivity contribution >= 4 is 29.0 Å². The van der Waals surface area contributed by atoms with E-state index in [0.717, 1.165) is 0 Å². The fourth-order valence-electron chi connectivity index (χ4n) is 2.38. The fourth-order valence-corrected chi connectivity index (χ4v) is 3.23. The molecule has 0 unspecified atom stereocenters. The van der Waals surface area contributed by atoms with E-state index in [1.165, 1.54) is 18.3 Å². The van der Waals surface area contributed by atoms with Gasteiger partial charge in [-0.15, -0.1) is 11.3 Å². The minimum absolute atomic E-state index is 0.0287. The van der Waals surface area contributed by atoms with Crippen LogP contribution >= 0.6 is 11.3 Å². The Morgan fingerprint density at radius 2 is 1.90 bits per heavy atom. The highest BCUT2D eigenvalue weighted by Crippen LogP contribution is 2.25. The number of carbonyl (C=O) groups is 3. The van der Waals surface area contributed by atoms with Gasteiger partial charge in [0.2, 0.25) is 0 Å². The number of aliphatic carboxylic acids is 1. The Morgan fingerprint density at radius 1 is 1.25 bits per heavy atom. The van der Waals surface area contributed by atoms with Gasteiger partial charge in [0.15, 0.2) is 5.78 Å². The van der Waals surface area contributed by atoms with Gasteiger partial charge in [0.1, 0.15) is 0 Å². The van der Waals surface area contributed by atoms with Crippen molar-refractivity contribution in [3.8, 4) is 0 Å². The summed E-state index contributed by atoms with van der Waals surface area (Å²) in [5, 5.41) is 13.5. The van der Waals surface area contributed by atoms with Gasteiger partial charge in [0.25, 0.3) is 5.91 Å². The van der Waals surface area contributed by atoms with Crippen LogP contribution in [0.4, 0.5) is 0 Å². The maximum absolute atomic E-state index is 12.0. The van der Waals surface area contributed by atoms with Gasteiger partial charge in [0, 0.05) is 17.0 Å². The second kappa shape index (κ2) is 6.17. The largest absolute Gasteiger partial charge is 0.481 e. The zero-order valence-corrected chi connectivity index (χ0v) is 12.0. The summed E-state index contributed by atoms with van der Waals surface area (Å²) in [6.45, 7) is 1.47. The second-order valence-corrected chi connectivity index (χ2v) is 6.03. The summed E-state index contributed by atoms with van der Waals surface area (Å²) in [7, 11) is 0. The third kappa shape index (κ3) is 3.45. The van der Waals surface area contributed by atoms with E-state index in [1.54, 1.807) is 11.4 Å². The molecular formula is C14H17NO4S. The molecule has 0 radical (unpaired) electrons. The minimum atomic E-state index is -0.751. The molecule has 0 aliphatic heterocycles. The summed E-state index contributed by atoms with van der Waals surface area (Å²) < 4.78 is 0. The van der Waals surface area contributed by atoms with Crippen LogP contribution < -0.4 is 5.32 Å². The van der Waals surface area contributed by atoms with Crippen molar-refractivity contribution in [3.63, 3.8) is 0 Å². The van der Waals surface area contributed by atoms with Crippen LogP contribution in [-0.4, -0.2) is 28.8 Å². The zero-order valence-electron chi connectivity index (χ0n) is 11.2. The molecule has 1 aromatic heterocycles. The number of carboxylic acid groups (broad SMARTS) is 1. The SMILES string of the molecule is CC(=O)c1csc(C(=O)NC2CCC(C(=O)O)CC2)c1. The summed E-state index contributed by atoms with van der Waals surface area (Å²) >= 11 is 1.25. The molecule has 2 rings (SSSR count). The smallest absolute Gasteiger partial charge is 0.306 e. The number of hydrogen-bond acceptors (Lipinski definition) is 4. The molecule has 0 saturated heterocycles. The predicted molar refractivity (Wildman–Crippen MR) is 75.2 cm³/mol. The van der Waals surface area contributed by atoms with E-state index in [4.69, 9.17) is 5.11 Å². The van der Waals surface area contributed by atoms with Crippen molar-refractivity contribution < 1.29 is 19.5 Å². The lowest BCUT2D eigenvalue weighted by atomic mass is 9.86. The molecule has 1 saturated carbocycles. The monoisotopic (exact) mass is 295 g/mol. The second-order valence-electron chi connectivity index (χ2n) is 5.12. The van der Waals surface area contributed by atoms with Crippen molar-refractivity contribution in [3.05, 3.63) is 21.9 Å². The zero-order chi connectivity index (χ0) is 14.7. The third-order valence-corrected chi connectivity index (χ3v) is 4.57. The summed E-state index contributed by atoms with van der Waals surface area (Å²) in [5.41, 5.74) is 0.551. The number of nitrogens with one attached hydrogen (secondary N) is 1. The lowest BCUT2D eigenvalue weighted by Crippen LogP contribution is -2.38. The van der Waals surface area contributed by atoms with Crippen LogP contribution in [0.5, 0.6) is 0 Å². The molecule has 6 heteroatoms. The van der Waals surface area contributed by atoms with E-state index in [1.807, 2.05) is 0 Å². The third-order valence-electron chi connectivity index (χ3n) is 3.64. The van der Waals surface area contributed by atoms with Crippen LogP contribution in [-0.2, 0) is 4.79 Å². The molecule has 1 aliphatic rings. The highest BCUT2D eigenvalue weighted by Gasteiger charge is 2.27. The molecule has 1 fully saturated rings. The summed E-state index contributed by atoms with van der Waals surface area (Å²) in [6, 6.07) is 1.63. The van der Waals surface area contributed by atoms with Crippen LogP contribution in [0.25, 0.3) is 0 Å². The number of amides is 1. The van der Waals surface area contributed by atoms with Crippen molar-refractivity contribution in [1.29, 1.82) is 0 Å². The first kappa shape index (κ1) is 14.7. The summed E-state index contributed by atoms with van der Waals surface area (Å²) in [6.07, 6.45) is 2.58. The number of rotatable bonds is 4. The molecule has 5 nitrogen and oxygen atoms in total. The number of hydrogen-bond donors (Lipinski definition) is 2. The fraction of sp³-hybridized carbons (Fsp3) is 0.500. The molecule has 1 amide bonds. The standard InChI is InChI=1S/C14H17NO4S/c1-8(16)10-6-12(20-7-10)13(17)15-11-4-2-9(3-5-11)14(18)19/h6-7,9,11H,2-5H2,1H3,(H,15,17)(H,18,19). The Bertz CT molecular complexity index is 529. The van der Waals surface area contributed by atoms with Crippen LogP contribution in [0.1, 0.15) is 52.6 Å². The van der Waals surface area contributed by atoms with Crippen molar-refractivity contribution in [2.45, 2.75) is 38.6 Å². The molecule has 1 aliphatic carbocycles. The lowest BCUT2D eigenvalue weighted by molar-refractivity contribution is -0.142. The van der Waals surface area contributed by atoms with Crippen LogP contribution in [0.2, 0.25) is 0 Å². The number of carboxylic acids is 1. The molecule has 0 aromatic carbocycles. The number of Topliss-reactive ketones (excluding diaryl/α,β-unsaturated/α-hetero) is 1. The maximum atomic E-state index is 12.0. The molecule has 1 aromatic rings. The predicted octanol–water partition coefficient (Wildman–Crippen LogP) is 2.32. The van der Waals surface area contributed by atoms with Gasteiger partial charge in [-0.05, 0) is 38.7 Å².